The van der Waals surface area contributed by atoms with Crippen LogP contribution >= 0.6 is 11.3 Å². The number of carbonyl (C=O) groups is 2. The lowest BCUT2D eigenvalue weighted by Crippen LogP contribution is -2.36. The SMILES string of the molecule is Cc1cccc(OCC(=O)Nc2sc3c(c2C(=O)N[C@H]2CCS(=O)(=O)C2)CC[C@@H](C(C)(C)C)C3)c1. The summed E-state index contributed by atoms with van der Waals surface area (Å²) < 4.78 is 29.4. The van der Waals surface area contributed by atoms with Crippen molar-refractivity contribution >= 4 is 38.0 Å². The van der Waals surface area contributed by atoms with Crippen molar-refractivity contribution in [2.75, 3.05) is 23.4 Å². The van der Waals surface area contributed by atoms with Gasteiger partial charge in [-0.1, -0.05) is 32.9 Å². The van der Waals surface area contributed by atoms with E-state index in [1.807, 2.05) is 25.1 Å². The average molecular weight is 519 g/mol. The Kier molecular flexibility index (Phi) is 7.29. The molecule has 35 heavy (non-hydrogen) atoms. The molecule has 1 saturated heterocycles. The molecule has 4 rings (SSSR count). The van der Waals surface area contributed by atoms with Crippen molar-refractivity contribution in [2.24, 2.45) is 11.3 Å². The lowest BCUT2D eigenvalue weighted by Gasteiger charge is -2.33. The average Bonchev–Trinajstić information content (AvgIpc) is 3.29. The lowest BCUT2D eigenvalue weighted by molar-refractivity contribution is -0.118. The van der Waals surface area contributed by atoms with Crippen LogP contribution < -0.4 is 15.4 Å². The quantitative estimate of drug-likeness (QED) is 0.599. The molecule has 190 valence electrons. The van der Waals surface area contributed by atoms with Gasteiger partial charge in [-0.05, 0) is 67.2 Å². The van der Waals surface area contributed by atoms with Crippen LogP contribution in [0.4, 0.5) is 5.00 Å². The minimum absolute atomic E-state index is 0.0385. The van der Waals surface area contributed by atoms with Gasteiger partial charge in [0.05, 0.1) is 17.1 Å². The van der Waals surface area contributed by atoms with Gasteiger partial charge >= 0.3 is 0 Å². The number of anilines is 1. The fraction of sp³-hybridized carbons (Fsp3) is 0.538. The molecule has 1 aliphatic carbocycles. The van der Waals surface area contributed by atoms with E-state index >= 15 is 0 Å². The molecule has 0 radical (unpaired) electrons. The molecule has 0 saturated carbocycles. The van der Waals surface area contributed by atoms with Crippen molar-refractivity contribution in [3.8, 4) is 5.75 Å². The van der Waals surface area contributed by atoms with Gasteiger partial charge in [0.15, 0.2) is 16.4 Å². The van der Waals surface area contributed by atoms with Crippen molar-refractivity contribution in [3.05, 3.63) is 45.8 Å². The normalized spacial score (nSPS) is 21.3. The highest BCUT2D eigenvalue weighted by molar-refractivity contribution is 7.91. The maximum absolute atomic E-state index is 13.4. The molecule has 7 nitrogen and oxygen atoms in total. The highest BCUT2D eigenvalue weighted by atomic mass is 32.2. The summed E-state index contributed by atoms with van der Waals surface area (Å²) in [5, 5.41) is 6.33. The highest BCUT2D eigenvalue weighted by Gasteiger charge is 2.36. The Morgan fingerprint density at radius 1 is 1.20 bits per heavy atom. The Labute approximate surface area is 211 Å². The van der Waals surface area contributed by atoms with E-state index < -0.39 is 15.9 Å². The second kappa shape index (κ2) is 9.93. The first-order chi connectivity index (χ1) is 16.4. The summed E-state index contributed by atoms with van der Waals surface area (Å²) in [6, 6.07) is 7.08. The van der Waals surface area contributed by atoms with E-state index in [9.17, 15) is 18.0 Å². The molecule has 0 unspecified atom stereocenters. The standard InChI is InChI=1S/C26H34N2O5S2/c1-16-6-5-7-19(12-16)33-14-22(29)28-25-23(24(30)27-18-10-11-35(31,32)15-18)20-9-8-17(26(2,3)4)13-21(20)34-25/h5-7,12,17-18H,8-11,13-15H2,1-4H3,(H,27,30)(H,28,29)/t17-,18+/m1/s1. The maximum Gasteiger partial charge on any atom is 0.262 e. The molecule has 2 heterocycles. The number of rotatable bonds is 6. The molecule has 2 N–H and O–H groups in total. The van der Waals surface area contributed by atoms with Crippen molar-refractivity contribution < 1.29 is 22.7 Å². The molecule has 0 bridgehead atoms. The molecule has 1 aliphatic heterocycles. The monoisotopic (exact) mass is 518 g/mol. The zero-order valence-electron chi connectivity index (χ0n) is 20.8. The number of ether oxygens (including phenoxy) is 1. The lowest BCUT2D eigenvalue weighted by atomic mass is 9.72. The Morgan fingerprint density at radius 2 is 1.97 bits per heavy atom. The van der Waals surface area contributed by atoms with Gasteiger partial charge in [-0.2, -0.15) is 0 Å². The van der Waals surface area contributed by atoms with Crippen LogP contribution in [0.2, 0.25) is 0 Å². The van der Waals surface area contributed by atoms with E-state index in [0.29, 0.717) is 28.7 Å². The van der Waals surface area contributed by atoms with E-state index in [-0.39, 0.29) is 35.3 Å². The van der Waals surface area contributed by atoms with E-state index in [1.165, 1.54) is 11.3 Å². The van der Waals surface area contributed by atoms with Gasteiger partial charge in [0.2, 0.25) is 0 Å². The topological polar surface area (TPSA) is 102 Å². The van der Waals surface area contributed by atoms with Crippen LogP contribution in [0, 0.1) is 18.3 Å². The number of carbonyl (C=O) groups excluding carboxylic acids is 2. The molecular formula is C26H34N2O5S2. The van der Waals surface area contributed by atoms with Crippen LogP contribution in [0.5, 0.6) is 5.75 Å². The number of amides is 2. The van der Waals surface area contributed by atoms with Crippen molar-refractivity contribution in [1.82, 2.24) is 5.32 Å². The van der Waals surface area contributed by atoms with E-state index in [1.54, 1.807) is 6.07 Å². The minimum Gasteiger partial charge on any atom is -0.484 e. The minimum atomic E-state index is -3.12. The van der Waals surface area contributed by atoms with Crippen molar-refractivity contribution in [3.63, 3.8) is 0 Å². The molecular weight excluding hydrogens is 484 g/mol. The Morgan fingerprint density at radius 3 is 2.63 bits per heavy atom. The van der Waals surface area contributed by atoms with Gasteiger partial charge < -0.3 is 15.4 Å². The fourth-order valence-electron chi connectivity index (χ4n) is 4.84. The summed E-state index contributed by atoms with van der Waals surface area (Å²) in [4.78, 5) is 27.3. The largest absolute Gasteiger partial charge is 0.484 e. The van der Waals surface area contributed by atoms with E-state index in [0.717, 1.165) is 35.3 Å². The van der Waals surface area contributed by atoms with Gasteiger partial charge in [0.25, 0.3) is 11.8 Å². The first-order valence-corrected chi connectivity index (χ1v) is 14.7. The smallest absolute Gasteiger partial charge is 0.262 e. The number of sulfone groups is 1. The third-order valence-electron chi connectivity index (χ3n) is 6.90. The van der Waals surface area contributed by atoms with Crippen LogP contribution in [-0.2, 0) is 27.5 Å². The van der Waals surface area contributed by atoms with Crippen LogP contribution in [0.25, 0.3) is 0 Å². The number of hydrogen-bond donors (Lipinski definition) is 2. The zero-order chi connectivity index (χ0) is 25.4. The maximum atomic E-state index is 13.4. The zero-order valence-corrected chi connectivity index (χ0v) is 22.4. The highest BCUT2D eigenvalue weighted by Crippen LogP contribution is 2.44. The molecule has 2 amide bonds. The summed E-state index contributed by atoms with van der Waals surface area (Å²) in [6.07, 6.45) is 3.00. The number of fused-ring (bicyclic) bond motifs is 1. The van der Waals surface area contributed by atoms with Crippen LogP contribution in [0.1, 0.15) is 60.0 Å². The fourth-order valence-corrected chi connectivity index (χ4v) is 7.85. The van der Waals surface area contributed by atoms with Gasteiger partial charge in [-0.15, -0.1) is 11.3 Å². The molecule has 1 aromatic heterocycles. The molecule has 2 atom stereocenters. The van der Waals surface area contributed by atoms with Crippen molar-refractivity contribution in [2.45, 2.75) is 59.4 Å². The summed E-state index contributed by atoms with van der Waals surface area (Å²) in [6.45, 7) is 8.48. The van der Waals surface area contributed by atoms with E-state index in [4.69, 9.17) is 4.74 Å². The predicted octanol–water partition coefficient (Wildman–Crippen LogP) is 4.14. The third kappa shape index (κ3) is 6.25. The second-order valence-corrected chi connectivity index (χ2v) is 14.1. The molecule has 2 aromatic rings. The number of nitrogens with one attached hydrogen (secondary N) is 2. The molecule has 1 aromatic carbocycles. The molecule has 2 aliphatic rings. The number of hydrogen-bond acceptors (Lipinski definition) is 6. The first-order valence-electron chi connectivity index (χ1n) is 12.1. The van der Waals surface area contributed by atoms with Crippen molar-refractivity contribution in [1.29, 1.82) is 0 Å². The summed E-state index contributed by atoms with van der Waals surface area (Å²) in [7, 11) is -3.12. The Balaban J connectivity index is 1.54. The number of thiophene rings is 1. The first kappa shape index (κ1) is 25.7. The van der Waals surface area contributed by atoms with E-state index in [2.05, 4.69) is 31.4 Å². The number of aryl methyl sites for hydroxylation is 1. The van der Waals surface area contributed by atoms with Crippen LogP contribution in [-0.4, -0.2) is 44.4 Å². The van der Waals surface area contributed by atoms with Crippen LogP contribution in [0.3, 0.4) is 0 Å². The summed E-state index contributed by atoms with van der Waals surface area (Å²) in [5.41, 5.74) is 2.64. The molecule has 1 fully saturated rings. The van der Waals surface area contributed by atoms with Gasteiger partial charge in [0, 0.05) is 10.9 Å². The Hall–Kier alpha value is -2.39. The second-order valence-electron chi connectivity index (χ2n) is 10.7. The third-order valence-corrected chi connectivity index (χ3v) is 9.83. The van der Waals surface area contributed by atoms with Crippen LogP contribution in [0.15, 0.2) is 24.3 Å². The number of benzene rings is 1. The van der Waals surface area contributed by atoms with Gasteiger partial charge in [0.1, 0.15) is 10.8 Å². The van der Waals surface area contributed by atoms with Gasteiger partial charge in [-0.25, -0.2) is 8.42 Å². The Bertz CT molecular complexity index is 1230. The predicted molar refractivity (Wildman–Crippen MR) is 139 cm³/mol. The molecule has 0 spiro atoms. The van der Waals surface area contributed by atoms with Gasteiger partial charge in [-0.3, -0.25) is 9.59 Å². The summed E-state index contributed by atoms with van der Waals surface area (Å²) >= 11 is 1.45. The summed E-state index contributed by atoms with van der Waals surface area (Å²) in [5.74, 6) is 0.497. The molecule has 9 heteroatoms.